The predicted octanol–water partition coefficient (Wildman–Crippen LogP) is -0.00850. The second-order valence-corrected chi connectivity index (χ2v) is 7.41. The van der Waals surface area contributed by atoms with Crippen molar-refractivity contribution >= 4 is 10.2 Å². The minimum absolute atomic E-state index is 0.00979. The van der Waals surface area contributed by atoms with Crippen molar-refractivity contribution in [3.05, 3.63) is 0 Å². The lowest BCUT2D eigenvalue weighted by atomic mass is 10.0. The molecule has 18 heavy (non-hydrogen) atoms. The maximum Gasteiger partial charge on any atom is 0.282 e. The summed E-state index contributed by atoms with van der Waals surface area (Å²) in [6.45, 7) is 7.29. The van der Waals surface area contributed by atoms with Crippen LogP contribution in [0, 0.1) is 0 Å². The fraction of sp³-hybridized carbons (Fsp3) is 1.00. The molecule has 0 spiro atoms. The number of hydrogen-bond donors (Lipinski definition) is 2. The summed E-state index contributed by atoms with van der Waals surface area (Å²) in [5.41, 5.74) is 5.06. The van der Waals surface area contributed by atoms with Crippen LogP contribution in [0.15, 0.2) is 0 Å². The molecule has 0 aromatic rings. The smallest absolute Gasteiger partial charge is 0.282 e. The Hall–Kier alpha value is -0.210. The Morgan fingerprint density at radius 2 is 1.78 bits per heavy atom. The van der Waals surface area contributed by atoms with E-state index in [0.717, 1.165) is 4.31 Å². The Bertz CT molecular complexity index is 355. The van der Waals surface area contributed by atoms with Crippen LogP contribution in [0.5, 0.6) is 0 Å². The molecule has 0 saturated heterocycles. The maximum absolute atomic E-state index is 12.3. The van der Waals surface area contributed by atoms with Gasteiger partial charge in [0.15, 0.2) is 0 Å². The molecule has 0 aromatic carbocycles. The van der Waals surface area contributed by atoms with Gasteiger partial charge in [-0.05, 0) is 27.2 Å². The summed E-state index contributed by atoms with van der Waals surface area (Å²) < 4.78 is 27.1. The molecule has 2 atom stereocenters. The van der Waals surface area contributed by atoms with E-state index in [4.69, 9.17) is 5.73 Å². The second kappa shape index (κ2) is 6.29. The van der Waals surface area contributed by atoms with E-state index >= 15 is 0 Å². The highest BCUT2D eigenvalue weighted by atomic mass is 32.2. The van der Waals surface area contributed by atoms with Gasteiger partial charge >= 0.3 is 0 Å². The molecule has 0 saturated carbocycles. The zero-order valence-corrected chi connectivity index (χ0v) is 13.0. The number of aliphatic hydroxyl groups excluding tert-OH is 1. The van der Waals surface area contributed by atoms with E-state index in [1.165, 1.54) is 11.4 Å². The third kappa shape index (κ3) is 4.17. The van der Waals surface area contributed by atoms with Gasteiger partial charge in [0, 0.05) is 32.2 Å². The normalized spacial score (nSPS) is 17.2. The van der Waals surface area contributed by atoms with E-state index in [1.54, 1.807) is 14.0 Å². The van der Waals surface area contributed by atoms with Gasteiger partial charge in [0.05, 0.1) is 6.10 Å². The quantitative estimate of drug-likeness (QED) is 0.687. The third-order valence-electron chi connectivity index (χ3n) is 3.51. The summed E-state index contributed by atoms with van der Waals surface area (Å²) in [5, 5.41) is 9.65. The van der Waals surface area contributed by atoms with Crippen LogP contribution in [0.3, 0.4) is 0 Å². The largest absolute Gasteiger partial charge is 0.390 e. The van der Waals surface area contributed by atoms with Crippen molar-refractivity contribution in [1.29, 1.82) is 0 Å². The molecule has 0 aliphatic carbocycles. The number of aliphatic hydroxyl groups is 1. The Labute approximate surface area is 111 Å². The van der Waals surface area contributed by atoms with E-state index < -0.39 is 27.9 Å². The van der Waals surface area contributed by atoms with Crippen LogP contribution in [0.4, 0.5) is 0 Å². The minimum Gasteiger partial charge on any atom is -0.390 e. The van der Waals surface area contributed by atoms with Gasteiger partial charge in [-0.2, -0.15) is 17.0 Å². The molecule has 6 nitrogen and oxygen atoms in total. The fourth-order valence-electron chi connectivity index (χ4n) is 1.27. The van der Waals surface area contributed by atoms with Crippen molar-refractivity contribution in [3.63, 3.8) is 0 Å². The van der Waals surface area contributed by atoms with Gasteiger partial charge in [0.2, 0.25) is 0 Å². The average molecular weight is 281 g/mol. The lowest BCUT2D eigenvalue weighted by Gasteiger charge is -2.36. The van der Waals surface area contributed by atoms with Crippen molar-refractivity contribution in [3.8, 4) is 0 Å². The van der Waals surface area contributed by atoms with Gasteiger partial charge in [0.25, 0.3) is 10.2 Å². The van der Waals surface area contributed by atoms with Gasteiger partial charge in [0.1, 0.15) is 0 Å². The number of nitrogens with two attached hydrogens (primary N) is 1. The molecule has 3 N–H and O–H groups in total. The number of nitrogens with zero attached hydrogens (tertiary/aromatic N) is 2. The SMILES string of the molecule is CCC(C)(C)N(C)S(=O)(=O)N(C)CC(O)C(C)N. The van der Waals surface area contributed by atoms with Crippen molar-refractivity contribution in [2.45, 2.75) is 51.8 Å². The van der Waals surface area contributed by atoms with Gasteiger partial charge in [-0.25, -0.2) is 0 Å². The zero-order chi connectivity index (χ0) is 14.7. The summed E-state index contributed by atoms with van der Waals surface area (Å²) in [6, 6.07) is -0.466. The molecule has 0 aliphatic heterocycles. The first kappa shape index (κ1) is 17.8. The molecule has 0 fully saturated rings. The summed E-state index contributed by atoms with van der Waals surface area (Å²) in [7, 11) is -0.589. The van der Waals surface area contributed by atoms with E-state index in [0.29, 0.717) is 6.42 Å². The van der Waals surface area contributed by atoms with Crippen LogP contribution >= 0.6 is 0 Å². The molecule has 0 aromatic heterocycles. The lowest BCUT2D eigenvalue weighted by Crippen LogP contribution is -2.52. The van der Waals surface area contributed by atoms with Gasteiger partial charge in [-0.3, -0.25) is 0 Å². The van der Waals surface area contributed by atoms with Crippen LogP contribution in [0.25, 0.3) is 0 Å². The predicted molar refractivity (Wildman–Crippen MR) is 73.3 cm³/mol. The fourth-order valence-corrected chi connectivity index (χ4v) is 2.78. The molecular formula is C11H27N3O3S. The number of likely N-dealkylation sites (N-methyl/N-ethyl adjacent to an activating group) is 1. The van der Waals surface area contributed by atoms with Crippen molar-refractivity contribution in [1.82, 2.24) is 8.61 Å². The first-order valence-corrected chi connectivity index (χ1v) is 7.50. The zero-order valence-electron chi connectivity index (χ0n) is 12.2. The van der Waals surface area contributed by atoms with Crippen molar-refractivity contribution < 1.29 is 13.5 Å². The molecule has 0 heterocycles. The molecule has 2 unspecified atom stereocenters. The highest BCUT2D eigenvalue weighted by Crippen LogP contribution is 2.21. The standard InChI is InChI=1S/C11H27N3O3S/c1-7-11(3,4)14(6)18(16,17)13(5)8-10(15)9(2)12/h9-10,15H,7-8,12H2,1-6H3. The topological polar surface area (TPSA) is 86.9 Å². The van der Waals surface area contributed by atoms with Crippen LogP contribution in [0.2, 0.25) is 0 Å². The lowest BCUT2D eigenvalue weighted by molar-refractivity contribution is 0.126. The van der Waals surface area contributed by atoms with E-state index in [1.807, 2.05) is 20.8 Å². The van der Waals surface area contributed by atoms with Gasteiger partial charge in [-0.1, -0.05) is 6.92 Å². The highest BCUT2D eigenvalue weighted by Gasteiger charge is 2.35. The van der Waals surface area contributed by atoms with E-state index in [2.05, 4.69) is 0 Å². The van der Waals surface area contributed by atoms with Gasteiger partial charge < -0.3 is 10.8 Å². The van der Waals surface area contributed by atoms with Crippen molar-refractivity contribution in [2.75, 3.05) is 20.6 Å². The summed E-state index contributed by atoms with van der Waals surface area (Å²) in [6.07, 6.45) is -0.171. The Balaban J connectivity index is 4.94. The Morgan fingerprint density at radius 1 is 1.33 bits per heavy atom. The molecule has 110 valence electrons. The van der Waals surface area contributed by atoms with Crippen LogP contribution in [-0.2, 0) is 10.2 Å². The molecule has 0 aliphatic rings. The summed E-state index contributed by atoms with van der Waals surface area (Å²) >= 11 is 0. The van der Waals surface area contributed by atoms with Crippen LogP contribution in [-0.4, -0.2) is 60.5 Å². The summed E-state index contributed by atoms with van der Waals surface area (Å²) in [5.74, 6) is 0. The number of rotatable bonds is 7. The third-order valence-corrected chi connectivity index (χ3v) is 5.63. The molecule has 0 radical (unpaired) electrons. The van der Waals surface area contributed by atoms with E-state index in [-0.39, 0.29) is 6.54 Å². The first-order chi connectivity index (χ1) is 7.96. The van der Waals surface area contributed by atoms with Crippen molar-refractivity contribution in [2.24, 2.45) is 5.73 Å². The van der Waals surface area contributed by atoms with Crippen LogP contribution in [0.1, 0.15) is 34.1 Å². The maximum atomic E-state index is 12.3. The minimum atomic E-state index is -3.59. The summed E-state index contributed by atoms with van der Waals surface area (Å²) in [4.78, 5) is 0. The first-order valence-electron chi connectivity index (χ1n) is 6.10. The number of hydrogen-bond acceptors (Lipinski definition) is 4. The van der Waals surface area contributed by atoms with Crippen LogP contribution < -0.4 is 5.73 Å². The van der Waals surface area contributed by atoms with Gasteiger partial charge in [-0.15, -0.1) is 0 Å². The second-order valence-electron chi connectivity index (χ2n) is 5.35. The molecule has 0 rings (SSSR count). The Kier molecular flexibility index (Phi) is 6.22. The average Bonchev–Trinajstić information content (AvgIpc) is 2.27. The molecule has 0 bridgehead atoms. The Morgan fingerprint density at radius 3 is 2.11 bits per heavy atom. The molecule has 7 heteroatoms. The molecular weight excluding hydrogens is 254 g/mol. The van der Waals surface area contributed by atoms with E-state index in [9.17, 15) is 13.5 Å². The molecule has 0 amide bonds. The monoisotopic (exact) mass is 281 g/mol. The highest BCUT2D eigenvalue weighted by molar-refractivity contribution is 7.86.